The van der Waals surface area contributed by atoms with E-state index in [4.69, 9.17) is 15.2 Å². The Labute approximate surface area is 237 Å². The van der Waals surface area contributed by atoms with Gasteiger partial charge in [-0.05, 0) is 74.0 Å². The van der Waals surface area contributed by atoms with Gasteiger partial charge in [0.05, 0.1) is 18.6 Å². The van der Waals surface area contributed by atoms with Gasteiger partial charge in [0.1, 0.15) is 12.4 Å². The number of aliphatic hydroxyl groups is 1. The lowest BCUT2D eigenvalue weighted by Gasteiger charge is -2.29. The van der Waals surface area contributed by atoms with Gasteiger partial charge in [0, 0.05) is 18.5 Å². The van der Waals surface area contributed by atoms with Gasteiger partial charge in [-0.25, -0.2) is 0 Å². The molecule has 0 saturated heterocycles. The summed E-state index contributed by atoms with van der Waals surface area (Å²) in [5, 5.41) is 13.8. The molecule has 0 radical (unpaired) electrons. The molecule has 0 unspecified atom stereocenters. The molecular formula is C32H56N2O5. The van der Waals surface area contributed by atoms with Crippen molar-refractivity contribution in [3.05, 3.63) is 29.3 Å². The predicted molar refractivity (Wildman–Crippen MR) is 159 cm³/mol. The van der Waals surface area contributed by atoms with Crippen LogP contribution in [0.1, 0.15) is 99.1 Å². The standard InChI is InChI=1S/C32H56N2O5/c1-10-12-15-34-30(36)22(5)16-28(35)27(33)19-25(21(3)4)17-24-13-14-26(32(7,8)9)29(18-24)39-20-23(6)31(37)38-11-2/h13-14,18,21-23,25,27-28,35H,10-12,15-17,19-20,33H2,1-9H3,(H,34,36)/t22-,23+,25+,27+,28+/m1/s1. The van der Waals surface area contributed by atoms with Crippen LogP contribution in [0.3, 0.4) is 0 Å². The number of carbonyl (C=O) groups excluding carboxylic acids is 2. The van der Waals surface area contributed by atoms with Crippen LogP contribution in [0.15, 0.2) is 18.2 Å². The summed E-state index contributed by atoms with van der Waals surface area (Å²) in [5.74, 6) is 0.446. The van der Waals surface area contributed by atoms with E-state index in [1.165, 1.54) is 0 Å². The molecule has 0 aromatic heterocycles. The minimum absolute atomic E-state index is 0.0288. The van der Waals surface area contributed by atoms with Crippen molar-refractivity contribution in [2.45, 2.75) is 112 Å². The SMILES string of the molecule is CCCCNC(=O)[C@H](C)C[C@H](O)[C@@H](N)C[C@H](Cc1ccc(C(C)(C)C)c(OC[C@H](C)C(=O)OCC)c1)C(C)C. The highest BCUT2D eigenvalue weighted by Gasteiger charge is 2.27. The fraction of sp³-hybridized carbons (Fsp3) is 0.750. The van der Waals surface area contributed by atoms with Crippen LogP contribution in [0.25, 0.3) is 0 Å². The monoisotopic (exact) mass is 548 g/mol. The van der Waals surface area contributed by atoms with Crippen LogP contribution >= 0.6 is 0 Å². The van der Waals surface area contributed by atoms with E-state index < -0.39 is 12.1 Å². The summed E-state index contributed by atoms with van der Waals surface area (Å²) in [6.45, 7) is 19.6. The smallest absolute Gasteiger partial charge is 0.312 e. The van der Waals surface area contributed by atoms with Crippen LogP contribution in [0.2, 0.25) is 0 Å². The lowest BCUT2D eigenvalue weighted by atomic mass is 9.81. The molecule has 0 fully saturated rings. The number of nitrogens with one attached hydrogen (secondary N) is 1. The number of esters is 1. The zero-order valence-corrected chi connectivity index (χ0v) is 26.0. The van der Waals surface area contributed by atoms with Crippen molar-refractivity contribution in [1.82, 2.24) is 5.32 Å². The number of nitrogens with two attached hydrogens (primary N) is 1. The molecule has 1 aromatic carbocycles. The number of aliphatic hydroxyl groups excluding tert-OH is 1. The van der Waals surface area contributed by atoms with Crippen LogP contribution in [0.5, 0.6) is 5.75 Å². The maximum absolute atomic E-state index is 12.3. The zero-order valence-electron chi connectivity index (χ0n) is 26.0. The molecule has 0 aliphatic carbocycles. The molecule has 7 heteroatoms. The predicted octanol–water partition coefficient (Wildman–Crippen LogP) is 5.40. The van der Waals surface area contributed by atoms with Gasteiger partial charge >= 0.3 is 5.97 Å². The van der Waals surface area contributed by atoms with E-state index in [0.29, 0.717) is 31.9 Å². The molecule has 0 saturated carbocycles. The first-order valence-electron chi connectivity index (χ1n) is 14.8. The van der Waals surface area contributed by atoms with Crippen molar-refractivity contribution < 1.29 is 24.2 Å². The van der Waals surface area contributed by atoms with Gasteiger partial charge in [0.2, 0.25) is 5.91 Å². The Morgan fingerprint density at radius 2 is 1.72 bits per heavy atom. The van der Waals surface area contributed by atoms with E-state index in [-0.39, 0.29) is 41.7 Å². The third-order valence-corrected chi connectivity index (χ3v) is 7.41. The Kier molecular flexibility index (Phi) is 15.1. The molecule has 39 heavy (non-hydrogen) atoms. The number of hydrogen-bond donors (Lipinski definition) is 3. The van der Waals surface area contributed by atoms with Crippen molar-refractivity contribution >= 4 is 11.9 Å². The summed E-state index contributed by atoms with van der Waals surface area (Å²) >= 11 is 0. The number of ether oxygens (including phenoxy) is 2. The van der Waals surface area contributed by atoms with Gasteiger partial charge in [-0.15, -0.1) is 0 Å². The Bertz CT molecular complexity index is 880. The third kappa shape index (κ3) is 12.3. The number of hydrogen-bond acceptors (Lipinski definition) is 6. The molecule has 224 valence electrons. The Morgan fingerprint density at radius 3 is 2.28 bits per heavy atom. The van der Waals surface area contributed by atoms with Gasteiger partial charge in [0.15, 0.2) is 0 Å². The van der Waals surface area contributed by atoms with Crippen LogP contribution in [0, 0.1) is 23.7 Å². The fourth-order valence-electron chi connectivity index (χ4n) is 4.61. The first-order chi connectivity index (χ1) is 18.2. The van der Waals surface area contributed by atoms with Crippen LogP contribution in [0.4, 0.5) is 0 Å². The molecule has 1 aromatic rings. The first kappa shape index (κ1) is 34.9. The summed E-state index contributed by atoms with van der Waals surface area (Å²) < 4.78 is 11.3. The van der Waals surface area contributed by atoms with Crippen LogP contribution < -0.4 is 15.8 Å². The number of benzene rings is 1. The Hall–Kier alpha value is -2.12. The first-order valence-corrected chi connectivity index (χ1v) is 14.8. The Morgan fingerprint density at radius 1 is 1.05 bits per heavy atom. The molecule has 0 aliphatic rings. The quantitative estimate of drug-likeness (QED) is 0.178. The maximum Gasteiger partial charge on any atom is 0.312 e. The van der Waals surface area contributed by atoms with Gasteiger partial charge < -0.3 is 25.6 Å². The lowest BCUT2D eigenvalue weighted by Crippen LogP contribution is -2.41. The highest BCUT2D eigenvalue weighted by molar-refractivity contribution is 5.78. The van der Waals surface area contributed by atoms with Crippen LogP contribution in [-0.4, -0.2) is 48.9 Å². The minimum atomic E-state index is -0.746. The number of rotatable bonds is 17. The highest BCUT2D eigenvalue weighted by Crippen LogP contribution is 2.34. The van der Waals surface area contributed by atoms with E-state index in [1.807, 2.05) is 13.8 Å². The molecule has 7 nitrogen and oxygen atoms in total. The molecule has 1 rings (SSSR count). The van der Waals surface area contributed by atoms with E-state index >= 15 is 0 Å². The van der Waals surface area contributed by atoms with Gasteiger partial charge in [-0.2, -0.15) is 0 Å². The second-order valence-corrected chi connectivity index (χ2v) is 12.5. The summed E-state index contributed by atoms with van der Waals surface area (Å²) in [4.78, 5) is 24.4. The summed E-state index contributed by atoms with van der Waals surface area (Å²) in [7, 11) is 0. The molecule has 5 atom stereocenters. The second kappa shape index (κ2) is 16.9. The average molecular weight is 549 g/mol. The van der Waals surface area contributed by atoms with E-state index in [0.717, 1.165) is 36.1 Å². The van der Waals surface area contributed by atoms with E-state index in [9.17, 15) is 14.7 Å². The molecule has 1 amide bonds. The fourth-order valence-corrected chi connectivity index (χ4v) is 4.61. The normalized spacial score (nSPS) is 15.8. The average Bonchev–Trinajstić information content (AvgIpc) is 2.86. The van der Waals surface area contributed by atoms with Crippen LogP contribution in [-0.2, 0) is 26.2 Å². The summed E-state index contributed by atoms with van der Waals surface area (Å²) in [5.41, 5.74) is 8.57. The summed E-state index contributed by atoms with van der Waals surface area (Å²) in [6.07, 6.45) is 3.02. The number of carbonyl (C=O) groups is 2. The lowest BCUT2D eigenvalue weighted by molar-refractivity contribution is -0.148. The number of unbranched alkanes of at least 4 members (excludes halogenated alkanes) is 1. The third-order valence-electron chi connectivity index (χ3n) is 7.41. The molecule has 0 bridgehead atoms. The topological polar surface area (TPSA) is 111 Å². The van der Waals surface area contributed by atoms with E-state index in [2.05, 4.69) is 65.1 Å². The molecular weight excluding hydrogens is 492 g/mol. The molecule has 0 spiro atoms. The van der Waals surface area contributed by atoms with Gasteiger partial charge in [-0.1, -0.05) is 67.0 Å². The summed E-state index contributed by atoms with van der Waals surface area (Å²) in [6, 6.07) is 5.92. The minimum Gasteiger partial charge on any atom is -0.492 e. The van der Waals surface area contributed by atoms with Crippen molar-refractivity contribution in [2.24, 2.45) is 29.4 Å². The van der Waals surface area contributed by atoms with Crippen molar-refractivity contribution in [3.8, 4) is 5.75 Å². The zero-order chi connectivity index (χ0) is 29.8. The highest BCUT2D eigenvalue weighted by atomic mass is 16.5. The van der Waals surface area contributed by atoms with Crippen molar-refractivity contribution in [2.75, 3.05) is 19.8 Å². The Balaban J connectivity index is 2.94. The molecule has 0 aliphatic heterocycles. The van der Waals surface area contributed by atoms with Gasteiger partial charge in [-0.3, -0.25) is 9.59 Å². The molecule has 0 heterocycles. The van der Waals surface area contributed by atoms with Crippen molar-refractivity contribution in [3.63, 3.8) is 0 Å². The number of amides is 1. The largest absolute Gasteiger partial charge is 0.492 e. The second-order valence-electron chi connectivity index (χ2n) is 12.5. The van der Waals surface area contributed by atoms with E-state index in [1.54, 1.807) is 6.92 Å². The van der Waals surface area contributed by atoms with Gasteiger partial charge in [0.25, 0.3) is 0 Å². The molecule has 4 N–H and O–H groups in total. The maximum atomic E-state index is 12.3. The van der Waals surface area contributed by atoms with Crippen molar-refractivity contribution in [1.29, 1.82) is 0 Å².